The summed E-state index contributed by atoms with van der Waals surface area (Å²) in [5.41, 5.74) is 8.28. The summed E-state index contributed by atoms with van der Waals surface area (Å²) in [6.07, 6.45) is 1.97. The van der Waals surface area contributed by atoms with E-state index in [1.165, 1.54) is 5.56 Å². The van der Waals surface area contributed by atoms with Gasteiger partial charge in [-0.3, -0.25) is 9.88 Å². The monoisotopic (exact) mass is 349 g/mol. The van der Waals surface area contributed by atoms with E-state index in [2.05, 4.69) is 44.0 Å². The molecule has 21 heavy (non-hydrogen) atoms. The van der Waals surface area contributed by atoms with Gasteiger partial charge in [0.25, 0.3) is 0 Å². The van der Waals surface area contributed by atoms with Crippen LogP contribution in [0.2, 0.25) is 0 Å². The highest BCUT2D eigenvalue weighted by Gasteiger charge is 2.23. The van der Waals surface area contributed by atoms with E-state index in [-0.39, 0.29) is 12.1 Å². The molecule has 4 nitrogen and oxygen atoms in total. The van der Waals surface area contributed by atoms with Crippen LogP contribution >= 0.6 is 15.9 Å². The van der Waals surface area contributed by atoms with E-state index in [1.54, 1.807) is 0 Å². The fourth-order valence-electron chi connectivity index (χ4n) is 2.76. The molecule has 2 aromatic rings. The lowest BCUT2D eigenvalue weighted by atomic mass is 10.1. The van der Waals surface area contributed by atoms with E-state index < -0.39 is 0 Å². The van der Waals surface area contributed by atoms with Gasteiger partial charge in [-0.05, 0) is 24.6 Å². The SMILES string of the molecule is CC(N)C1CN(Cc2ccc(Br)c3cccnc23)CCO1. The van der Waals surface area contributed by atoms with Crippen molar-refractivity contribution >= 4 is 26.8 Å². The lowest BCUT2D eigenvalue weighted by Gasteiger charge is -2.34. The zero-order valence-corrected chi connectivity index (χ0v) is 13.7. The molecular formula is C16H20BrN3O. The number of hydrogen-bond donors (Lipinski definition) is 1. The van der Waals surface area contributed by atoms with Gasteiger partial charge in [-0.2, -0.15) is 0 Å². The largest absolute Gasteiger partial charge is 0.374 e. The number of ether oxygens (including phenoxy) is 1. The third kappa shape index (κ3) is 3.26. The molecule has 2 N–H and O–H groups in total. The number of nitrogens with zero attached hydrogens (tertiary/aromatic N) is 2. The molecule has 2 atom stereocenters. The molecule has 0 spiro atoms. The van der Waals surface area contributed by atoms with Gasteiger partial charge in [-0.15, -0.1) is 0 Å². The molecule has 0 aliphatic carbocycles. The molecule has 2 unspecified atom stereocenters. The zero-order valence-electron chi connectivity index (χ0n) is 12.1. The molecule has 3 rings (SSSR count). The van der Waals surface area contributed by atoms with E-state index >= 15 is 0 Å². The molecule has 1 aromatic carbocycles. The number of benzene rings is 1. The van der Waals surface area contributed by atoms with Crippen LogP contribution in [0.25, 0.3) is 10.9 Å². The molecule has 1 aromatic heterocycles. The summed E-state index contributed by atoms with van der Waals surface area (Å²) in [6.45, 7) is 5.45. The van der Waals surface area contributed by atoms with Crippen molar-refractivity contribution in [2.75, 3.05) is 19.7 Å². The molecule has 1 saturated heterocycles. The second kappa shape index (κ2) is 6.40. The normalized spacial score (nSPS) is 21.6. The highest BCUT2D eigenvalue weighted by Crippen LogP contribution is 2.26. The Bertz CT molecular complexity index is 632. The lowest BCUT2D eigenvalue weighted by molar-refractivity contribution is -0.0402. The van der Waals surface area contributed by atoms with E-state index in [0.29, 0.717) is 0 Å². The van der Waals surface area contributed by atoms with Crippen LogP contribution in [-0.2, 0) is 11.3 Å². The average Bonchev–Trinajstić information content (AvgIpc) is 2.51. The van der Waals surface area contributed by atoms with Gasteiger partial charge in [0.1, 0.15) is 0 Å². The summed E-state index contributed by atoms with van der Waals surface area (Å²) in [5, 5.41) is 1.16. The Balaban J connectivity index is 1.83. The Morgan fingerprint density at radius 2 is 2.33 bits per heavy atom. The Labute approximate surface area is 133 Å². The van der Waals surface area contributed by atoms with Crippen LogP contribution in [0.5, 0.6) is 0 Å². The van der Waals surface area contributed by atoms with Crippen molar-refractivity contribution in [2.24, 2.45) is 5.73 Å². The topological polar surface area (TPSA) is 51.4 Å². The average molecular weight is 350 g/mol. The Morgan fingerprint density at radius 1 is 1.48 bits per heavy atom. The van der Waals surface area contributed by atoms with Crippen molar-refractivity contribution in [3.05, 3.63) is 40.5 Å². The van der Waals surface area contributed by atoms with Crippen LogP contribution in [0.4, 0.5) is 0 Å². The van der Waals surface area contributed by atoms with E-state index in [1.807, 2.05) is 19.2 Å². The molecular weight excluding hydrogens is 330 g/mol. The van der Waals surface area contributed by atoms with Crippen molar-refractivity contribution in [3.63, 3.8) is 0 Å². The van der Waals surface area contributed by atoms with Crippen LogP contribution in [0, 0.1) is 0 Å². The van der Waals surface area contributed by atoms with Crippen LogP contribution < -0.4 is 5.73 Å². The number of pyridine rings is 1. The standard InChI is InChI=1S/C16H20BrN3O/c1-11(18)15-10-20(7-8-21-15)9-12-4-5-14(17)13-3-2-6-19-16(12)13/h2-6,11,15H,7-10,18H2,1H3. The third-order valence-electron chi connectivity index (χ3n) is 3.96. The Morgan fingerprint density at radius 3 is 3.14 bits per heavy atom. The molecule has 112 valence electrons. The third-order valence-corrected chi connectivity index (χ3v) is 4.65. The first-order valence-electron chi connectivity index (χ1n) is 7.27. The van der Waals surface area contributed by atoms with E-state index in [0.717, 1.165) is 41.6 Å². The summed E-state index contributed by atoms with van der Waals surface area (Å²) in [4.78, 5) is 6.95. The highest BCUT2D eigenvalue weighted by molar-refractivity contribution is 9.10. The maximum absolute atomic E-state index is 5.96. The number of fused-ring (bicyclic) bond motifs is 1. The molecule has 1 aliphatic heterocycles. The summed E-state index contributed by atoms with van der Waals surface area (Å²) in [7, 11) is 0. The predicted octanol–water partition coefficient (Wildman–Crippen LogP) is 2.55. The Kier molecular flexibility index (Phi) is 4.54. The highest BCUT2D eigenvalue weighted by atomic mass is 79.9. The summed E-state index contributed by atoms with van der Waals surface area (Å²) in [5.74, 6) is 0. The van der Waals surface area contributed by atoms with Gasteiger partial charge in [0.05, 0.1) is 18.2 Å². The molecule has 0 saturated carbocycles. The van der Waals surface area contributed by atoms with Gasteiger partial charge in [0, 0.05) is 41.7 Å². The summed E-state index contributed by atoms with van der Waals surface area (Å²) >= 11 is 3.59. The van der Waals surface area contributed by atoms with Gasteiger partial charge < -0.3 is 10.5 Å². The van der Waals surface area contributed by atoms with Crippen molar-refractivity contribution in [1.29, 1.82) is 0 Å². The number of halogens is 1. The summed E-state index contributed by atoms with van der Waals surface area (Å²) < 4.78 is 6.81. The van der Waals surface area contributed by atoms with Gasteiger partial charge >= 0.3 is 0 Å². The van der Waals surface area contributed by atoms with Gasteiger partial charge in [-0.25, -0.2) is 0 Å². The minimum Gasteiger partial charge on any atom is -0.374 e. The van der Waals surface area contributed by atoms with Crippen molar-refractivity contribution in [3.8, 4) is 0 Å². The fourth-order valence-corrected chi connectivity index (χ4v) is 3.21. The number of morpholine rings is 1. The van der Waals surface area contributed by atoms with Crippen molar-refractivity contribution in [2.45, 2.75) is 25.6 Å². The Hall–Kier alpha value is -1.01. The van der Waals surface area contributed by atoms with E-state index in [9.17, 15) is 0 Å². The van der Waals surface area contributed by atoms with Crippen LogP contribution in [0.3, 0.4) is 0 Å². The van der Waals surface area contributed by atoms with Gasteiger partial charge in [0.15, 0.2) is 0 Å². The number of hydrogen-bond acceptors (Lipinski definition) is 4. The number of rotatable bonds is 3. The van der Waals surface area contributed by atoms with Gasteiger partial charge in [-0.1, -0.05) is 28.1 Å². The molecule has 0 radical (unpaired) electrons. The quantitative estimate of drug-likeness (QED) is 0.924. The molecule has 5 heteroatoms. The second-order valence-corrected chi connectivity index (χ2v) is 6.46. The molecule has 2 heterocycles. The molecule has 1 fully saturated rings. The second-order valence-electron chi connectivity index (χ2n) is 5.61. The van der Waals surface area contributed by atoms with Crippen LogP contribution in [0.1, 0.15) is 12.5 Å². The minimum atomic E-state index is 0.0626. The van der Waals surface area contributed by atoms with Crippen LogP contribution in [0.15, 0.2) is 34.9 Å². The fraction of sp³-hybridized carbons (Fsp3) is 0.438. The predicted molar refractivity (Wildman–Crippen MR) is 88.1 cm³/mol. The maximum Gasteiger partial charge on any atom is 0.0850 e. The first-order valence-corrected chi connectivity index (χ1v) is 8.06. The maximum atomic E-state index is 5.96. The van der Waals surface area contributed by atoms with Crippen LogP contribution in [-0.4, -0.2) is 41.7 Å². The first kappa shape index (κ1) is 14.9. The van der Waals surface area contributed by atoms with E-state index in [4.69, 9.17) is 10.5 Å². The molecule has 1 aliphatic rings. The smallest absolute Gasteiger partial charge is 0.0850 e. The van der Waals surface area contributed by atoms with Crippen molar-refractivity contribution in [1.82, 2.24) is 9.88 Å². The minimum absolute atomic E-state index is 0.0626. The first-order chi connectivity index (χ1) is 10.1. The number of nitrogens with two attached hydrogens (primary N) is 1. The summed E-state index contributed by atoms with van der Waals surface area (Å²) in [6, 6.07) is 8.38. The molecule has 0 bridgehead atoms. The van der Waals surface area contributed by atoms with Crippen molar-refractivity contribution < 1.29 is 4.74 Å². The van der Waals surface area contributed by atoms with Gasteiger partial charge in [0.2, 0.25) is 0 Å². The lowest BCUT2D eigenvalue weighted by Crippen LogP contribution is -2.49. The number of aromatic nitrogens is 1. The zero-order chi connectivity index (χ0) is 14.8. The molecule has 0 amide bonds.